The van der Waals surface area contributed by atoms with Crippen molar-refractivity contribution in [2.45, 2.75) is 364 Å². The molecule has 14 heteroatoms. The zero-order chi connectivity index (χ0) is 60.2. The first-order chi connectivity index (χ1) is 40.6. The SMILES string of the molecule is CCCCCCC/C=C\C/C=C\CCCCCCCCCCCCCCCCCCCCCC(=O)NC(COC1OC(CO)C(OC2OC(CO)C(O)C(O)C2O)C(O)C1O)C(O)/C=C/CC/C=C/CCCCCCCCCCCCCC. The molecule has 2 aliphatic rings. The van der Waals surface area contributed by atoms with Crippen molar-refractivity contribution < 1.29 is 64.6 Å². The zero-order valence-electron chi connectivity index (χ0n) is 52.7. The van der Waals surface area contributed by atoms with Gasteiger partial charge in [-0.3, -0.25) is 4.79 Å². The Morgan fingerprint density at radius 2 is 0.807 bits per heavy atom. The van der Waals surface area contributed by atoms with Crippen molar-refractivity contribution >= 4 is 5.91 Å². The molecule has 0 spiro atoms. The molecule has 0 radical (unpaired) electrons. The summed E-state index contributed by atoms with van der Waals surface area (Å²) in [5.74, 6) is -0.245. The molecule has 9 N–H and O–H groups in total. The topological polar surface area (TPSA) is 228 Å². The number of rotatable bonds is 56. The summed E-state index contributed by atoms with van der Waals surface area (Å²) in [6.07, 6.45) is 53.1. The van der Waals surface area contributed by atoms with Crippen LogP contribution in [-0.2, 0) is 23.7 Å². The van der Waals surface area contributed by atoms with Gasteiger partial charge in [-0.2, -0.15) is 0 Å². The molecule has 0 bridgehead atoms. The van der Waals surface area contributed by atoms with Crippen LogP contribution >= 0.6 is 0 Å². The van der Waals surface area contributed by atoms with Crippen LogP contribution in [0.3, 0.4) is 0 Å². The molecule has 2 saturated heterocycles. The first-order valence-corrected chi connectivity index (χ1v) is 34.4. The summed E-state index contributed by atoms with van der Waals surface area (Å²) in [6.45, 7) is 2.80. The first-order valence-electron chi connectivity index (χ1n) is 34.4. The minimum absolute atomic E-state index is 0.245. The van der Waals surface area contributed by atoms with Gasteiger partial charge in [-0.15, -0.1) is 0 Å². The normalized spacial score (nSPS) is 24.1. The molecule has 12 unspecified atom stereocenters. The van der Waals surface area contributed by atoms with Gasteiger partial charge in [-0.25, -0.2) is 0 Å². The van der Waals surface area contributed by atoms with Gasteiger partial charge in [0, 0.05) is 6.42 Å². The highest BCUT2D eigenvalue weighted by molar-refractivity contribution is 5.76. The van der Waals surface area contributed by atoms with Gasteiger partial charge in [0.1, 0.15) is 48.8 Å². The summed E-state index contributed by atoms with van der Waals surface area (Å²) in [5, 5.41) is 87.3. The second-order valence-electron chi connectivity index (χ2n) is 24.3. The van der Waals surface area contributed by atoms with Crippen molar-refractivity contribution in [1.29, 1.82) is 0 Å². The molecule has 0 saturated carbocycles. The van der Waals surface area contributed by atoms with E-state index in [1.165, 1.54) is 218 Å². The van der Waals surface area contributed by atoms with Crippen molar-refractivity contribution in [3.63, 3.8) is 0 Å². The van der Waals surface area contributed by atoms with E-state index in [4.69, 9.17) is 18.9 Å². The van der Waals surface area contributed by atoms with Crippen LogP contribution in [0.25, 0.3) is 0 Å². The number of carbonyl (C=O) groups is 1. The molecular weight excluding hydrogens is 1050 g/mol. The van der Waals surface area contributed by atoms with Crippen LogP contribution < -0.4 is 5.32 Å². The number of ether oxygens (including phenoxy) is 4. The Balaban J connectivity index is 1.66. The van der Waals surface area contributed by atoms with Gasteiger partial charge in [0.25, 0.3) is 0 Å². The molecule has 2 fully saturated rings. The molecule has 0 aliphatic carbocycles. The van der Waals surface area contributed by atoms with Crippen molar-refractivity contribution in [1.82, 2.24) is 5.32 Å². The Morgan fingerprint density at radius 3 is 1.25 bits per heavy atom. The van der Waals surface area contributed by atoms with Crippen molar-refractivity contribution in [3.05, 3.63) is 48.6 Å². The predicted molar refractivity (Wildman–Crippen MR) is 337 cm³/mol. The summed E-state index contributed by atoms with van der Waals surface area (Å²) >= 11 is 0. The maximum Gasteiger partial charge on any atom is 0.220 e. The van der Waals surface area contributed by atoms with Crippen LogP contribution in [-0.4, -0.2) is 140 Å². The minimum atomic E-state index is -1.79. The molecule has 2 rings (SSSR count). The third kappa shape index (κ3) is 38.8. The van der Waals surface area contributed by atoms with Gasteiger partial charge in [0.2, 0.25) is 5.91 Å². The lowest BCUT2D eigenvalue weighted by Gasteiger charge is -2.46. The van der Waals surface area contributed by atoms with E-state index in [0.29, 0.717) is 12.8 Å². The average molecular weight is 1180 g/mol. The third-order valence-corrected chi connectivity index (χ3v) is 16.7. The smallest absolute Gasteiger partial charge is 0.220 e. The molecule has 2 heterocycles. The monoisotopic (exact) mass is 1180 g/mol. The van der Waals surface area contributed by atoms with Crippen molar-refractivity contribution in [3.8, 4) is 0 Å². The number of carbonyl (C=O) groups excluding carboxylic acids is 1. The predicted octanol–water partition coefficient (Wildman–Crippen LogP) is 13.5. The Hall–Kier alpha value is -2.05. The fourth-order valence-corrected chi connectivity index (χ4v) is 11.2. The molecule has 83 heavy (non-hydrogen) atoms. The Labute approximate surface area is 505 Å². The lowest BCUT2D eigenvalue weighted by atomic mass is 9.97. The Morgan fingerprint density at radius 1 is 0.434 bits per heavy atom. The van der Waals surface area contributed by atoms with E-state index in [-0.39, 0.29) is 18.9 Å². The molecule has 486 valence electrons. The summed E-state index contributed by atoms with van der Waals surface area (Å²) in [5.41, 5.74) is 0. The van der Waals surface area contributed by atoms with E-state index in [1.54, 1.807) is 6.08 Å². The van der Waals surface area contributed by atoms with E-state index in [1.807, 2.05) is 6.08 Å². The number of hydrogen-bond donors (Lipinski definition) is 9. The second kappa shape index (κ2) is 54.1. The maximum absolute atomic E-state index is 13.3. The number of hydrogen-bond acceptors (Lipinski definition) is 13. The van der Waals surface area contributed by atoms with Crippen molar-refractivity contribution in [2.24, 2.45) is 0 Å². The number of unbranched alkanes of at least 4 members (excludes halogenated alkanes) is 37. The summed E-state index contributed by atoms with van der Waals surface area (Å²) in [6, 6.07) is -0.931. The van der Waals surface area contributed by atoms with Gasteiger partial charge >= 0.3 is 0 Å². The molecule has 0 aromatic carbocycles. The summed E-state index contributed by atoms with van der Waals surface area (Å²) in [4.78, 5) is 13.3. The highest BCUT2D eigenvalue weighted by Gasteiger charge is 2.51. The van der Waals surface area contributed by atoms with E-state index in [2.05, 4.69) is 55.6 Å². The van der Waals surface area contributed by atoms with Crippen LogP contribution in [0.2, 0.25) is 0 Å². The highest BCUT2D eigenvalue weighted by atomic mass is 16.7. The van der Waals surface area contributed by atoms with E-state index < -0.39 is 86.8 Å². The Bertz CT molecular complexity index is 1580. The molecule has 14 nitrogen and oxygen atoms in total. The molecule has 0 aromatic rings. The number of allylic oxidation sites excluding steroid dienone is 7. The lowest BCUT2D eigenvalue weighted by molar-refractivity contribution is -0.359. The zero-order valence-corrected chi connectivity index (χ0v) is 52.7. The maximum atomic E-state index is 13.3. The van der Waals surface area contributed by atoms with Gasteiger partial charge in [0.15, 0.2) is 12.6 Å². The van der Waals surface area contributed by atoms with Gasteiger partial charge in [-0.05, 0) is 64.2 Å². The molecule has 2 aliphatic heterocycles. The van der Waals surface area contributed by atoms with Gasteiger partial charge < -0.3 is 65.1 Å². The summed E-state index contributed by atoms with van der Waals surface area (Å²) in [7, 11) is 0. The number of aliphatic hydroxyl groups is 8. The third-order valence-electron chi connectivity index (χ3n) is 16.7. The van der Waals surface area contributed by atoms with Gasteiger partial charge in [-0.1, -0.05) is 268 Å². The Kier molecular flexibility index (Phi) is 50.2. The van der Waals surface area contributed by atoms with Crippen LogP contribution in [0.5, 0.6) is 0 Å². The minimum Gasteiger partial charge on any atom is -0.394 e. The molecule has 12 atom stereocenters. The van der Waals surface area contributed by atoms with Crippen molar-refractivity contribution in [2.75, 3.05) is 19.8 Å². The quantitative estimate of drug-likeness (QED) is 0.0204. The average Bonchev–Trinajstić information content (AvgIpc) is 3.64. The van der Waals surface area contributed by atoms with Gasteiger partial charge in [0.05, 0.1) is 32.0 Å². The standard InChI is InChI=1S/C69H127NO13/c1-3-5-7-9-11-13-15-17-19-21-23-24-25-26-27-28-29-30-31-32-33-34-35-37-39-41-43-45-47-49-51-53-61(74)70-57(58(73)52-50-48-46-44-42-40-38-36-22-20-18-16-14-12-10-8-6-4-2)56-80-68-66(79)64(77)67(60(55-72)82-68)83-69-65(78)63(76)62(75)59(54-71)81-69/h15,17,21,23,42,44,50,52,57-60,62-69,71-73,75-79H,3-14,16,18-20,22,24-41,43,45-49,51,53-56H2,1-2H3,(H,70,74)/b17-15-,23-21-,44-42+,52-50+. The lowest BCUT2D eigenvalue weighted by Crippen LogP contribution is -2.65. The fourth-order valence-electron chi connectivity index (χ4n) is 11.2. The summed E-state index contributed by atoms with van der Waals surface area (Å²) < 4.78 is 22.8. The van der Waals surface area contributed by atoms with E-state index >= 15 is 0 Å². The fraction of sp³-hybridized carbons (Fsp3) is 0.870. The highest BCUT2D eigenvalue weighted by Crippen LogP contribution is 2.30. The molecule has 1 amide bonds. The molecule has 0 aromatic heterocycles. The van der Waals surface area contributed by atoms with Crippen LogP contribution in [0, 0.1) is 0 Å². The number of aliphatic hydroxyl groups excluding tert-OH is 8. The molecular formula is C69H127NO13. The van der Waals surface area contributed by atoms with Crippen LogP contribution in [0.15, 0.2) is 48.6 Å². The number of nitrogens with one attached hydrogen (secondary N) is 1. The first kappa shape index (κ1) is 77.0. The van der Waals surface area contributed by atoms with Crippen LogP contribution in [0.1, 0.15) is 290 Å². The van der Waals surface area contributed by atoms with E-state index in [9.17, 15) is 45.6 Å². The number of amides is 1. The van der Waals surface area contributed by atoms with E-state index in [0.717, 1.165) is 38.5 Å². The van der Waals surface area contributed by atoms with Crippen LogP contribution in [0.4, 0.5) is 0 Å². The largest absolute Gasteiger partial charge is 0.394 e. The second-order valence-corrected chi connectivity index (χ2v) is 24.3.